The number of hydrogen-bond acceptors (Lipinski definition) is 3. The monoisotopic (exact) mass is 275 g/mol. The van der Waals surface area contributed by atoms with Crippen LogP contribution in [-0.4, -0.2) is 30.4 Å². The first kappa shape index (κ1) is 13.3. The maximum absolute atomic E-state index is 11.6. The lowest BCUT2D eigenvalue weighted by Gasteiger charge is -2.12. The average Bonchev–Trinajstić information content (AvgIpc) is 2.68. The summed E-state index contributed by atoms with van der Waals surface area (Å²) in [7, 11) is 0. The number of nitrogens with two attached hydrogens (primary N) is 3. The Morgan fingerprint density at radius 2 is 2.00 bits per heavy atom. The molecular weight excluding hydrogens is 262 g/mol. The molecule has 1 aliphatic rings. The minimum Gasteiger partial charge on any atom is -0.370 e. The van der Waals surface area contributed by atoms with Gasteiger partial charge in [0.05, 0.1) is 17.9 Å². The SMILES string of the molecule is NC(N)=NC(N)=Nc1cccc(N2C(=O)CNC2=O)c1. The fourth-order valence-corrected chi connectivity index (χ4v) is 1.68. The van der Waals surface area contributed by atoms with Gasteiger partial charge in [0.1, 0.15) is 0 Å². The number of guanidine groups is 2. The molecule has 104 valence electrons. The number of hydrogen-bond donors (Lipinski definition) is 4. The standard InChI is InChI=1S/C11H13N7O2/c12-9(13)17-10(14)16-6-2-1-3-7(4-6)18-8(19)5-15-11(18)20/h1-4H,5H2,(H,15,20)(H6,12,13,14,16,17). The Morgan fingerprint density at radius 3 is 2.60 bits per heavy atom. The third-order valence-corrected chi connectivity index (χ3v) is 2.42. The molecule has 0 radical (unpaired) electrons. The van der Waals surface area contributed by atoms with Gasteiger partial charge in [0.15, 0.2) is 5.96 Å². The van der Waals surface area contributed by atoms with Crippen molar-refractivity contribution in [1.82, 2.24) is 5.32 Å². The molecule has 1 aromatic rings. The van der Waals surface area contributed by atoms with Crippen molar-refractivity contribution in [2.75, 3.05) is 11.4 Å². The molecule has 7 N–H and O–H groups in total. The molecular formula is C11H13N7O2. The van der Waals surface area contributed by atoms with E-state index in [1.165, 1.54) is 6.07 Å². The van der Waals surface area contributed by atoms with E-state index < -0.39 is 6.03 Å². The fraction of sp³-hybridized carbons (Fsp3) is 0.0909. The first-order valence-corrected chi connectivity index (χ1v) is 5.62. The molecule has 3 amide bonds. The number of amides is 3. The Labute approximate surface area is 114 Å². The molecule has 0 unspecified atom stereocenters. The lowest BCUT2D eigenvalue weighted by Crippen LogP contribution is -2.30. The molecule has 1 heterocycles. The average molecular weight is 275 g/mol. The van der Waals surface area contributed by atoms with Crippen molar-refractivity contribution < 1.29 is 9.59 Å². The third-order valence-electron chi connectivity index (χ3n) is 2.42. The van der Waals surface area contributed by atoms with Gasteiger partial charge in [0.2, 0.25) is 5.96 Å². The van der Waals surface area contributed by atoms with E-state index in [-0.39, 0.29) is 24.4 Å². The van der Waals surface area contributed by atoms with E-state index in [4.69, 9.17) is 17.2 Å². The second-order valence-electron chi connectivity index (χ2n) is 3.91. The summed E-state index contributed by atoms with van der Waals surface area (Å²) in [4.78, 5) is 31.7. The van der Waals surface area contributed by atoms with Gasteiger partial charge in [-0.15, -0.1) is 0 Å². The molecule has 20 heavy (non-hydrogen) atoms. The molecule has 0 aliphatic carbocycles. The molecule has 0 atom stereocenters. The summed E-state index contributed by atoms with van der Waals surface area (Å²) in [5.41, 5.74) is 16.7. The molecule has 9 heteroatoms. The van der Waals surface area contributed by atoms with E-state index in [9.17, 15) is 9.59 Å². The van der Waals surface area contributed by atoms with Crippen LogP contribution >= 0.6 is 0 Å². The molecule has 1 fully saturated rings. The summed E-state index contributed by atoms with van der Waals surface area (Å²) in [6.45, 7) is -0.0253. The highest BCUT2D eigenvalue weighted by atomic mass is 16.2. The number of urea groups is 1. The number of rotatable bonds is 2. The van der Waals surface area contributed by atoms with Gasteiger partial charge < -0.3 is 22.5 Å². The van der Waals surface area contributed by atoms with Crippen molar-refractivity contribution in [3.8, 4) is 0 Å². The van der Waals surface area contributed by atoms with E-state index in [1.54, 1.807) is 18.2 Å². The lowest BCUT2D eigenvalue weighted by molar-refractivity contribution is -0.115. The Hall–Kier alpha value is -3.10. The molecule has 1 aromatic carbocycles. The van der Waals surface area contributed by atoms with Crippen LogP contribution in [0.4, 0.5) is 16.2 Å². The van der Waals surface area contributed by atoms with Gasteiger partial charge in [-0.1, -0.05) is 6.07 Å². The first-order valence-electron chi connectivity index (χ1n) is 5.62. The lowest BCUT2D eigenvalue weighted by atomic mass is 10.2. The van der Waals surface area contributed by atoms with Crippen LogP contribution in [0.5, 0.6) is 0 Å². The van der Waals surface area contributed by atoms with Gasteiger partial charge in [0.25, 0.3) is 5.91 Å². The summed E-state index contributed by atoms with van der Waals surface area (Å²) in [6.07, 6.45) is 0. The van der Waals surface area contributed by atoms with Crippen LogP contribution < -0.4 is 27.4 Å². The van der Waals surface area contributed by atoms with Crippen molar-refractivity contribution in [1.29, 1.82) is 0 Å². The summed E-state index contributed by atoms with van der Waals surface area (Å²) in [5, 5.41) is 2.43. The van der Waals surface area contributed by atoms with Crippen molar-refractivity contribution in [2.24, 2.45) is 27.2 Å². The summed E-state index contributed by atoms with van der Waals surface area (Å²) < 4.78 is 0. The maximum atomic E-state index is 11.6. The highest BCUT2D eigenvalue weighted by Crippen LogP contribution is 2.23. The van der Waals surface area contributed by atoms with Crippen LogP contribution in [0.2, 0.25) is 0 Å². The molecule has 0 spiro atoms. The minimum absolute atomic E-state index is 0.0253. The predicted molar refractivity (Wildman–Crippen MR) is 74.4 cm³/mol. The Balaban J connectivity index is 2.31. The van der Waals surface area contributed by atoms with E-state index in [1.807, 2.05) is 0 Å². The minimum atomic E-state index is -0.478. The number of benzene rings is 1. The first-order chi connectivity index (χ1) is 9.47. The van der Waals surface area contributed by atoms with Gasteiger partial charge in [-0.2, -0.15) is 4.99 Å². The highest BCUT2D eigenvalue weighted by molar-refractivity contribution is 6.19. The van der Waals surface area contributed by atoms with E-state index in [2.05, 4.69) is 15.3 Å². The van der Waals surface area contributed by atoms with E-state index in [0.717, 1.165) is 4.90 Å². The fourth-order valence-electron chi connectivity index (χ4n) is 1.68. The van der Waals surface area contributed by atoms with Gasteiger partial charge >= 0.3 is 6.03 Å². The van der Waals surface area contributed by atoms with Crippen LogP contribution in [0.25, 0.3) is 0 Å². The second kappa shape index (κ2) is 5.26. The van der Waals surface area contributed by atoms with E-state index in [0.29, 0.717) is 11.4 Å². The van der Waals surface area contributed by atoms with Crippen LogP contribution in [-0.2, 0) is 4.79 Å². The molecule has 9 nitrogen and oxygen atoms in total. The van der Waals surface area contributed by atoms with Crippen LogP contribution in [0.3, 0.4) is 0 Å². The molecule has 2 rings (SSSR count). The zero-order valence-electron chi connectivity index (χ0n) is 10.4. The molecule has 1 saturated heterocycles. The number of carbonyl (C=O) groups excluding carboxylic acids is 2. The smallest absolute Gasteiger partial charge is 0.329 e. The highest BCUT2D eigenvalue weighted by Gasteiger charge is 2.29. The Morgan fingerprint density at radius 1 is 1.25 bits per heavy atom. The van der Waals surface area contributed by atoms with Crippen LogP contribution in [0.15, 0.2) is 34.3 Å². The summed E-state index contributed by atoms with van der Waals surface area (Å²) >= 11 is 0. The van der Waals surface area contributed by atoms with E-state index >= 15 is 0 Å². The predicted octanol–water partition coefficient (Wildman–Crippen LogP) is -1.04. The van der Waals surface area contributed by atoms with Crippen LogP contribution in [0, 0.1) is 0 Å². The quantitative estimate of drug-likeness (QED) is 0.308. The van der Waals surface area contributed by atoms with Crippen molar-refractivity contribution in [3.05, 3.63) is 24.3 Å². The number of nitrogens with zero attached hydrogens (tertiary/aromatic N) is 3. The van der Waals surface area contributed by atoms with Gasteiger partial charge in [-0.3, -0.25) is 4.79 Å². The molecule has 1 aliphatic heterocycles. The van der Waals surface area contributed by atoms with Crippen LogP contribution in [0.1, 0.15) is 0 Å². The largest absolute Gasteiger partial charge is 0.370 e. The molecule has 0 bridgehead atoms. The van der Waals surface area contributed by atoms with Crippen molar-refractivity contribution in [2.45, 2.75) is 0 Å². The third kappa shape index (κ3) is 2.83. The number of nitrogens with one attached hydrogen (secondary N) is 1. The molecule has 0 aromatic heterocycles. The Bertz CT molecular complexity index is 603. The summed E-state index contributed by atoms with van der Waals surface area (Å²) in [5.74, 6) is -0.677. The zero-order valence-corrected chi connectivity index (χ0v) is 10.4. The zero-order chi connectivity index (χ0) is 14.7. The van der Waals surface area contributed by atoms with Crippen molar-refractivity contribution >= 4 is 35.2 Å². The van der Waals surface area contributed by atoms with Gasteiger partial charge in [-0.05, 0) is 18.2 Å². The maximum Gasteiger partial charge on any atom is 0.329 e. The second-order valence-corrected chi connectivity index (χ2v) is 3.91. The van der Waals surface area contributed by atoms with Gasteiger partial charge in [0, 0.05) is 0 Å². The number of imide groups is 1. The topological polar surface area (TPSA) is 152 Å². The Kier molecular flexibility index (Phi) is 3.51. The molecule has 0 saturated carbocycles. The number of anilines is 1. The number of carbonyl (C=O) groups is 2. The van der Waals surface area contributed by atoms with Crippen molar-refractivity contribution in [3.63, 3.8) is 0 Å². The summed E-state index contributed by atoms with van der Waals surface area (Å²) in [6, 6.07) is 5.93. The van der Waals surface area contributed by atoms with Gasteiger partial charge in [-0.25, -0.2) is 14.7 Å². The normalized spacial score (nSPS) is 15.2. The number of aliphatic imine (C=N–C) groups is 2.